The van der Waals surface area contributed by atoms with E-state index in [1.54, 1.807) is 0 Å². The highest BCUT2D eigenvalue weighted by atomic mass is 35.5. The van der Waals surface area contributed by atoms with E-state index in [1.807, 2.05) is 14.0 Å². The Bertz CT molecular complexity index is 188. The maximum Gasteiger partial charge on any atom is 0.164 e. The summed E-state index contributed by atoms with van der Waals surface area (Å²) < 4.78 is 0. The van der Waals surface area contributed by atoms with Gasteiger partial charge in [-0.2, -0.15) is 5.10 Å². The van der Waals surface area contributed by atoms with Crippen LogP contribution in [0, 0.1) is 6.92 Å². The summed E-state index contributed by atoms with van der Waals surface area (Å²) in [7, 11) is 1.87. The minimum Gasteiger partial charge on any atom is -0.313 e. The van der Waals surface area contributed by atoms with Gasteiger partial charge >= 0.3 is 0 Å². The smallest absolute Gasteiger partial charge is 0.164 e. The van der Waals surface area contributed by atoms with Gasteiger partial charge in [-0.15, -0.1) is 24.8 Å². The van der Waals surface area contributed by atoms with E-state index in [9.17, 15) is 0 Å². The Hall–Kier alpha value is -0.320. The molecule has 66 valence electrons. The highest BCUT2D eigenvalue weighted by molar-refractivity contribution is 5.85. The van der Waals surface area contributed by atoms with Crippen molar-refractivity contribution >= 4 is 24.8 Å². The molecule has 1 aromatic rings. The molecule has 6 heteroatoms. The van der Waals surface area contributed by atoms with Crippen LogP contribution in [0.15, 0.2) is 0 Å². The lowest BCUT2D eigenvalue weighted by Gasteiger charge is -1.86. The second kappa shape index (κ2) is 6.39. The van der Waals surface area contributed by atoms with Crippen LogP contribution in [-0.4, -0.2) is 22.2 Å². The zero-order valence-electron chi connectivity index (χ0n) is 6.42. The van der Waals surface area contributed by atoms with Crippen LogP contribution in [0.25, 0.3) is 0 Å². The number of rotatable bonds is 2. The van der Waals surface area contributed by atoms with Crippen molar-refractivity contribution in [3.05, 3.63) is 11.6 Å². The summed E-state index contributed by atoms with van der Waals surface area (Å²) in [6.07, 6.45) is 0. The van der Waals surface area contributed by atoms with E-state index in [-0.39, 0.29) is 24.8 Å². The van der Waals surface area contributed by atoms with Gasteiger partial charge in [0, 0.05) is 0 Å². The molecular weight excluding hydrogens is 187 g/mol. The standard InChI is InChI=1S/C5H10N4.2ClH/c1-4-7-5(3-6-2)9-8-4;;/h6H,3H2,1-2H3,(H,7,8,9);2*1H. The van der Waals surface area contributed by atoms with Crippen molar-refractivity contribution in [1.29, 1.82) is 0 Å². The summed E-state index contributed by atoms with van der Waals surface area (Å²) in [5.41, 5.74) is 0. The molecule has 11 heavy (non-hydrogen) atoms. The Morgan fingerprint density at radius 1 is 1.45 bits per heavy atom. The molecule has 0 fully saturated rings. The summed E-state index contributed by atoms with van der Waals surface area (Å²) >= 11 is 0. The number of nitrogens with one attached hydrogen (secondary N) is 2. The number of hydrogen-bond donors (Lipinski definition) is 2. The number of nitrogens with zero attached hydrogens (tertiary/aromatic N) is 2. The molecule has 0 aliphatic rings. The fourth-order valence-electron chi connectivity index (χ4n) is 0.626. The lowest BCUT2D eigenvalue weighted by molar-refractivity contribution is 0.763. The summed E-state index contributed by atoms with van der Waals surface area (Å²) in [5.74, 6) is 1.68. The van der Waals surface area contributed by atoms with Crippen molar-refractivity contribution in [1.82, 2.24) is 20.5 Å². The van der Waals surface area contributed by atoms with Gasteiger partial charge in [0.05, 0.1) is 6.54 Å². The van der Waals surface area contributed by atoms with Crippen LogP contribution in [0.2, 0.25) is 0 Å². The third kappa shape index (κ3) is 4.19. The topological polar surface area (TPSA) is 53.6 Å². The van der Waals surface area contributed by atoms with Crippen molar-refractivity contribution < 1.29 is 0 Å². The number of aryl methyl sites for hydroxylation is 1. The van der Waals surface area contributed by atoms with Gasteiger partial charge in [0.15, 0.2) is 5.82 Å². The number of halogens is 2. The molecule has 2 N–H and O–H groups in total. The van der Waals surface area contributed by atoms with Gasteiger partial charge in [-0.3, -0.25) is 5.10 Å². The lowest BCUT2D eigenvalue weighted by Crippen LogP contribution is -2.06. The lowest BCUT2D eigenvalue weighted by atomic mass is 10.6. The number of aromatic amines is 1. The third-order valence-electron chi connectivity index (χ3n) is 0.978. The van der Waals surface area contributed by atoms with Crippen LogP contribution < -0.4 is 5.32 Å². The van der Waals surface area contributed by atoms with Crippen molar-refractivity contribution in [2.24, 2.45) is 0 Å². The Morgan fingerprint density at radius 3 is 2.45 bits per heavy atom. The fourth-order valence-corrected chi connectivity index (χ4v) is 0.626. The molecule has 0 saturated heterocycles. The van der Waals surface area contributed by atoms with Crippen molar-refractivity contribution in [3.63, 3.8) is 0 Å². The van der Waals surface area contributed by atoms with Gasteiger partial charge in [-0.05, 0) is 14.0 Å². The second-order valence-electron chi connectivity index (χ2n) is 1.87. The molecule has 0 aromatic carbocycles. The molecule has 0 bridgehead atoms. The monoisotopic (exact) mass is 198 g/mol. The predicted molar refractivity (Wildman–Crippen MR) is 48.4 cm³/mol. The quantitative estimate of drug-likeness (QED) is 0.736. The molecule has 0 aliphatic heterocycles. The average Bonchev–Trinajstić information content (AvgIpc) is 2.17. The van der Waals surface area contributed by atoms with E-state index in [0.29, 0.717) is 0 Å². The highest BCUT2D eigenvalue weighted by Crippen LogP contribution is 1.87. The number of hydrogen-bond acceptors (Lipinski definition) is 3. The molecule has 0 amide bonds. The van der Waals surface area contributed by atoms with Gasteiger partial charge in [-0.25, -0.2) is 4.98 Å². The normalized spacial score (nSPS) is 8.18. The maximum atomic E-state index is 4.07. The zero-order chi connectivity index (χ0) is 6.69. The summed E-state index contributed by atoms with van der Waals surface area (Å²) in [6.45, 7) is 2.61. The molecule has 0 spiro atoms. The Morgan fingerprint density at radius 2 is 2.09 bits per heavy atom. The molecule has 1 aromatic heterocycles. The molecule has 0 saturated carbocycles. The minimum absolute atomic E-state index is 0. The molecule has 4 nitrogen and oxygen atoms in total. The van der Waals surface area contributed by atoms with E-state index < -0.39 is 0 Å². The predicted octanol–water partition coefficient (Wildman–Crippen LogP) is 0.676. The second-order valence-corrected chi connectivity index (χ2v) is 1.87. The van der Waals surface area contributed by atoms with Gasteiger partial charge in [-0.1, -0.05) is 0 Å². The summed E-state index contributed by atoms with van der Waals surface area (Å²) in [6, 6.07) is 0. The first-order chi connectivity index (χ1) is 4.33. The average molecular weight is 199 g/mol. The first-order valence-electron chi connectivity index (χ1n) is 2.85. The molecule has 1 rings (SSSR count). The Labute approximate surface area is 78.0 Å². The van der Waals surface area contributed by atoms with E-state index in [1.165, 1.54) is 0 Å². The van der Waals surface area contributed by atoms with Crippen molar-refractivity contribution in [2.45, 2.75) is 13.5 Å². The molecular formula is C5H12Cl2N4. The molecule has 0 radical (unpaired) electrons. The molecule has 1 heterocycles. The van der Waals surface area contributed by atoms with Gasteiger partial charge in [0.2, 0.25) is 0 Å². The molecule has 0 aliphatic carbocycles. The van der Waals surface area contributed by atoms with Crippen molar-refractivity contribution in [3.8, 4) is 0 Å². The molecule has 0 atom stereocenters. The zero-order valence-corrected chi connectivity index (χ0v) is 8.05. The Kier molecular flexibility index (Phi) is 7.72. The largest absolute Gasteiger partial charge is 0.313 e. The van der Waals surface area contributed by atoms with Gasteiger partial charge in [0.25, 0.3) is 0 Å². The van der Waals surface area contributed by atoms with Crippen LogP contribution in [0.4, 0.5) is 0 Å². The summed E-state index contributed by atoms with van der Waals surface area (Å²) in [4.78, 5) is 4.07. The first kappa shape index (κ1) is 13.3. The highest BCUT2D eigenvalue weighted by Gasteiger charge is 1.94. The van der Waals surface area contributed by atoms with E-state index >= 15 is 0 Å². The van der Waals surface area contributed by atoms with Gasteiger partial charge < -0.3 is 5.32 Å². The van der Waals surface area contributed by atoms with Crippen LogP contribution in [0.3, 0.4) is 0 Å². The third-order valence-corrected chi connectivity index (χ3v) is 0.978. The van der Waals surface area contributed by atoms with Crippen LogP contribution in [-0.2, 0) is 6.54 Å². The van der Waals surface area contributed by atoms with Crippen LogP contribution in [0.5, 0.6) is 0 Å². The van der Waals surface area contributed by atoms with E-state index in [0.717, 1.165) is 18.2 Å². The van der Waals surface area contributed by atoms with Crippen LogP contribution >= 0.6 is 24.8 Å². The number of aromatic nitrogens is 3. The van der Waals surface area contributed by atoms with Crippen LogP contribution in [0.1, 0.15) is 11.6 Å². The Balaban J connectivity index is 0. The van der Waals surface area contributed by atoms with Gasteiger partial charge in [0.1, 0.15) is 5.82 Å². The first-order valence-corrected chi connectivity index (χ1v) is 2.85. The maximum absolute atomic E-state index is 4.07. The SMILES string of the molecule is CNCc1n[nH]c(C)n1.Cl.Cl. The van der Waals surface area contributed by atoms with E-state index in [2.05, 4.69) is 20.5 Å². The molecule has 0 unspecified atom stereocenters. The fraction of sp³-hybridized carbons (Fsp3) is 0.600. The number of H-pyrrole nitrogens is 1. The summed E-state index contributed by atoms with van der Waals surface area (Å²) in [5, 5.41) is 9.61. The van der Waals surface area contributed by atoms with E-state index in [4.69, 9.17) is 0 Å². The van der Waals surface area contributed by atoms with Crippen molar-refractivity contribution in [2.75, 3.05) is 7.05 Å². The minimum atomic E-state index is 0.